The number of aryl methyl sites for hydroxylation is 1. The Labute approximate surface area is 111 Å². The molecule has 0 unspecified atom stereocenters. The Hall–Kier alpha value is -2.11. The van der Waals surface area contributed by atoms with E-state index in [2.05, 4.69) is 10.3 Å². The Bertz CT molecular complexity index is 522. The monoisotopic (exact) mass is 265 g/mol. The molecule has 0 saturated heterocycles. The number of nitrogens with one attached hydrogen (secondary N) is 2. The van der Waals surface area contributed by atoms with Gasteiger partial charge in [0.1, 0.15) is 5.56 Å². The van der Waals surface area contributed by atoms with Crippen molar-refractivity contribution in [3.63, 3.8) is 0 Å². The third kappa shape index (κ3) is 3.94. The van der Waals surface area contributed by atoms with E-state index in [1.807, 2.05) is 0 Å². The van der Waals surface area contributed by atoms with Gasteiger partial charge in [0, 0.05) is 31.0 Å². The molecule has 6 nitrogen and oxygen atoms in total. The highest BCUT2D eigenvalue weighted by Crippen LogP contribution is 2.00. The predicted octanol–water partition coefficient (Wildman–Crippen LogP) is 0.282. The third-order valence-corrected chi connectivity index (χ3v) is 2.66. The fraction of sp³-hybridized carbons (Fsp3) is 0.462. The summed E-state index contributed by atoms with van der Waals surface area (Å²) in [5.74, 6) is -0.670. The summed E-state index contributed by atoms with van der Waals surface area (Å²) in [7, 11) is 0. The topological polar surface area (TPSA) is 82.3 Å². The second-order valence-corrected chi connectivity index (χ2v) is 4.17. The fourth-order valence-corrected chi connectivity index (χ4v) is 1.66. The highest BCUT2D eigenvalue weighted by molar-refractivity contribution is 5.96. The van der Waals surface area contributed by atoms with E-state index in [-0.39, 0.29) is 23.4 Å². The molecular weight excluding hydrogens is 246 g/mol. The standard InChI is InChI=1S/C13H19N3O3/c1-4-14-12(18)8-16(5-2)13(19)10-7-15-9(3)6-11(10)17/h6-7H,4-5,8H2,1-3H3,(H,14,18)(H,15,17). The molecule has 0 saturated carbocycles. The zero-order valence-electron chi connectivity index (χ0n) is 11.4. The minimum Gasteiger partial charge on any atom is -0.364 e. The minimum atomic E-state index is -0.435. The Morgan fingerprint density at radius 3 is 2.58 bits per heavy atom. The molecule has 0 aliphatic carbocycles. The lowest BCUT2D eigenvalue weighted by molar-refractivity contribution is -0.121. The van der Waals surface area contributed by atoms with Gasteiger partial charge in [-0.15, -0.1) is 0 Å². The van der Waals surface area contributed by atoms with Crippen LogP contribution in [0.2, 0.25) is 0 Å². The van der Waals surface area contributed by atoms with Crippen molar-refractivity contribution in [3.8, 4) is 0 Å². The first kappa shape index (κ1) is 14.9. The number of amides is 2. The van der Waals surface area contributed by atoms with Gasteiger partial charge in [-0.3, -0.25) is 14.4 Å². The van der Waals surface area contributed by atoms with Crippen LogP contribution in [-0.4, -0.2) is 41.3 Å². The number of pyridine rings is 1. The van der Waals surface area contributed by atoms with E-state index >= 15 is 0 Å². The number of H-pyrrole nitrogens is 1. The van der Waals surface area contributed by atoms with Gasteiger partial charge in [0.15, 0.2) is 5.43 Å². The zero-order chi connectivity index (χ0) is 14.4. The van der Waals surface area contributed by atoms with Crippen LogP contribution in [0, 0.1) is 6.92 Å². The van der Waals surface area contributed by atoms with Gasteiger partial charge in [0.25, 0.3) is 5.91 Å². The first-order valence-electron chi connectivity index (χ1n) is 6.24. The second kappa shape index (κ2) is 6.72. The van der Waals surface area contributed by atoms with Crippen LogP contribution in [0.25, 0.3) is 0 Å². The van der Waals surface area contributed by atoms with Crippen molar-refractivity contribution >= 4 is 11.8 Å². The molecule has 6 heteroatoms. The molecule has 2 amide bonds. The molecule has 1 rings (SSSR count). The maximum Gasteiger partial charge on any atom is 0.259 e. The van der Waals surface area contributed by atoms with Crippen LogP contribution in [-0.2, 0) is 4.79 Å². The van der Waals surface area contributed by atoms with E-state index in [1.54, 1.807) is 20.8 Å². The van der Waals surface area contributed by atoms with Crippen LogP contribution in [0.4, 0.5) is 0 Å². The molecule has 104 valence electrons. The largest absolute Gasteiger partial charge is 0.364 e. The van der Waals surface area contributed by atoms with Gasteiger partial charge in [-0.1, -0.05) is 0 Å². The maximum absolute atomic E-state index is 12.2. The average molecular weight is 265 g/mol. The fourth-order valence-electron chi connectivity index (χ4n) is 1.66. The number of carbonyl (C=O) groups is 2. The normalized spacial score (nSPS) is 10.1. The average Bonchev–Trinajstić information content (AvgIpc) is 2.35. The number of aromatic amines is 1. The number of carbonyl (C=O) groups excluding carboxylic acids is 2. The third-order valence-electron chi connectivity index (χ3n) is 2.66. The lowest BCUT2D eigenvalue weighted by Crippen LogP contribution is -2.41. The summed E-state index contributed by atoms with van der Waals surface area (Å²) in [5.41, 5.74) is 0.403. The van der Waals surface area contributed by atoms with Crippen molar-refractivity contribution in [3.05, 3.63) is 33.7 Å². The van der Waals surface area contributed by atoms with Gasteiger partial charge in [0.05, 0.1) is 6.54 Å². The number of hydrogen-bond acceptors (Lipinski definition) is 3. The van der Waals surface area contributed by atoms with Gasteiger partial charge in [0.2, 0.25) is 5.91 Å². The van der Waals surface area contributed by atoms with Crippen LogP contribution >= 0.6 is 0 Å². The van der Waals surface area contributed by atoms with Gasteiger partial charge in [-0.2, -0.15) is 0 Å². The molecule has 0 aliphatic rings. The van der Waals surface area contributed by atoms with E-state index in [1.165, 1.54) is 17.2 Å². The number of hydrogen-bond donors (Lipinski definition) is 2. The summed E-state index contributed by atoms with van der Waals surface area (Å²) < 4.78 is 0. The predicted molar refractivity (Wildman–Crippen MR) is 72.1 cm³/mol. The molecule has 0 aromatic carbocycles. The van der Waals surface area contributed by atoms with Crippen LogP contribution in [0.1, 0.15) is 29.9 Å². The molecule has 0 radical (unpaired) electrons. The van der Waals surface area contributed by atoms with Crippen molar-refractivity contribution < 1.29 is 9.59 Å². The number of aromatic nitrogens is 1. The Balaban J connectivity index is 2.89. The zero-order valence-corrected chi connectivity index (χ0v) is 11.4. The summed E-state index contributed by atoms with van der Waals surface area (Å²) in [4.78, 5) is 39.6. The summed E-state index contributed by atoms with van der Waals surface area (Å²) >= 11 is 0. The summed E-state index contributed by atoms with van der Waals surface area (Å²) in [5, 5.41) is 2.62. The molecular formula is C13H19N3O3. The molecule has 2 N–H and O–H groups in total. The Morgan fingerprint density at radius 2 is 2.05 bits per heavy atom. The molecule has 0 fully saturated rings. The highest BCUT2D eigenvalue weighted by Gasteiger charge is 2.19. The molecule has 0 bridgehead atoms. The van der Waals surface area contributed by atoms with Crippen LogP contribution in [0.5, 0.6) is 0 Å². The molecule has 1 aromatic heterocycles. The van der Waals surface area contributed by atoms with E-state index in [0.29, 0.717) is 18.8 Å². The minimum absolute atomic E-state index is 0.0451. The van der Waals surface area contributed by atoms with Crippen molar-refractivity contribution in [2.45, 2.75) is 20.8 Å². The first-order valence-corrected chi connectivity index (χ1v) is 6.24. The lowest BCUT2D eigenvalue weighted by atomic mass is 10.2. The highest BCUT2D eigenvalue weighted by atomic mass is 16.2. The van der Waals surface area contributed by atoms with Crippen molar-refractivity contribution in [2.75, 3.05) is 19.6 Å². The molecule has 0 spiro atoms. The molecule has 0 aliphatic heterocycles. The van der Waals surface area contributed by atoms with Crippen LogP contribution in [0.15, 0.2) is 17.1 Å². The smallest absolute Gasteiger partial charge is 0.259 e. The van der Waals surface area contributed by atoms with E-state index in [0.717, 1.165) is 0 Å². The summed E-state index contributed by atoms with van der Waals surface area (Å²) in [6, 6.07) is 1.37. The van der Waals surface area contributed by atoms with E-state index in [9.17, 15) is 14.4 Å². The van der Waals surface area contributed by atoms with E-state index < -0.39 is 5.91 Å². The van der Waals surface area contributed by atoms with Crippen LogP contribution in [0.3, 0.4) is 0 Å². The van der Waals surface area contributed by atoms with Crippen molar-refractivity contribution in [2.24, 2.45) is 0 Å². The number of rotatable bonds is 5. The SMILES string of the molecule is CCNC(=O)CN(CC)C(=O)c1c[nH]c(C)cc1=O. The molecule has 0 atom stereocenters. The van der Waals surface area contributed by atoms with Gasteiger partial charge < -0.3 is 15.2 Å². The Morgan fingerprint density at radius 1 is 1.37 bits per heavy atom. The lowest BCUT2D eigenvalue weighted by Gasteiger charge is -2.19. The number of nitrogens with zero attached hydrogens (tertiary/aromatic N) is 1. The molecule has 1 aromatic rings. The first-order chi connectivity index (χ1) is 8.99. The van der Waals surface area contributed by atoms with Gasteiger partial charge in [-0.05, 0) is 20.8 Å². The summed E-state index contributed by atoms with van der Waals surface area (Å²) in [6.45, 7) is 6.14. The van der Waals surface area contributed by atoms with Gasteiger partial charge in [-0.25, -0.2) is 0 Å². The van der Waals surface area contributed by atoms with Crippen molar-refractivity contribution in [1.29, 1.82) is 0 Å². The maximum atomic E-state index is 12.2. The van der Waals surface area contributed by atoms with Crippen LogP contribution < -0.4 is 10.7 Å². The molecule has 1 heterocycles. The second-order valence-electron chi connectivity index (χ2n) is 4.17. The van der Waals surface area contributed by atoms with Gasteiger partial charge >= 0.3 is 0 Å². The van der Waals surface area contributed by atoms with E-state index in [4.69, 9.17) is 0 Å². The number of likely N-dealkylation sites (N-methyl/N-ethyl adjacent to an activating group) is 2. The van der Waals surface area contributed by atoms with Crippen molar-refractivity contribution in [1.82, 2.24) is 15.2 Å². The summed E-state index contributed by atoms with van der Waals surface area (Å²) in [6.07, 6.45) is 1.39. The quantitative estimate of drug-likeness (QED) is 0.802. The molecule has 19 heavy (non-hydrogen) atoms. The Kier molecular flexibility index (Phi) is 5.29.